The monoisotopic (exact) mass is 546 g/mol. The summed E-state index contributed by atoms with van der Waals surface area (Å²) in [5.74, 6) is -0.594. The van der Waals surface area contributed by atoms with Gasteiger partial charge in [0.05, 0.1) is 31.8 Å². The number of carbonyl (C=O) groups excluding carboxylic acids is 1. The van der Waals surface area contributed by atoms with Crippen LogP contribution in [0.1, 0.15) is 45.1 Å². The van der Waals surface area contributed by atoms with E-state index in [1.54, 1.807) is 24.3 Å². The van der Waals surface area contributed by atoms with E-state index in [0.717, 1.165) is 12.1 Å². The summed E-state index contributed by atoms with van der Waals surface area (Å²) < 4.78 is 78.7. The first-order valence-corrected chi connectivity index (χ1v) is 12.0. The van der Waals surface area contributed by atoms with Gasteiger partial charge >= 0.3 is 12.1 Å². The van der Waals surface area contributed by atoms with Gasteiger partial charge in [-0.1, -0.05) is 41.4 Å². The lowest BCUT2D eigenvalue weighted by molar-refractivity contribution is -0.137. The molecule has 0 saturated carbocycles. The van der Waals surface area contributed by atoms with Crippen LogP contribution in [0.15, 0.2) is 59.6 Å². The first kappa shape index (κ1) is 25.4. The smallest absolute Gasteiger partial charge is 0.417 e. The van der Waals surface area contributed by atoms with Gasteiger partial charge in [0.25, 0.3) is 0 Å². The van der Waals surface area contributed by atoms with Crippen molar-refractivity contribution in [2.24, 2.45) is 0 Å². The van der Waals surface area contributed by atoms with E-state index in [1.165, 1.54) is 19.4 Å². The predicted molar refractivity (Wildman–Crippen MR) is 119 cm³/mol. The highest BCUT2D eigenvalue weighted by atomic mass is 35.5. The molecular formula is C22H15Cl2F3N2O5S. The third kappa shape index (κ3) is 5.00. The number of methoxy groups -OCH3 is 1. The Balaban J connectivity index is 1.74. The fourth-order valence-corrected chi connectivity index (χ4v) is 5.13. The van der Waals surface area contributed by atoms with E-state index in [2.05, 4.69) is 9.71 Å². The minimum absolute atomic E-state index is 0.100. The summed E-state index contributed by atoms with van der Waals surface area (Å²) in [5.41, 5.74) is -0.262. The van der Waals surface area contributed by atoms with Gasteiger partial charge in [-0.25, -0.2) is 13.2 Å². The number of halogens is 5. The Morgan fingerprint density at radius 3 is 2.54 bits per heavy atom. The molecule has 1 N–H and O–H groups in total. The van der Waals surface area contributed by atoms with E-state index in [0.29, 0.717) is 17.2 Å². The van der Waals surface area contributed by atoms with E-state index in [4.69, 9.17) is 32.7 Å². The van der Waals surface area contributed by atoms with Crippen LogP contribution in [0, 0.1) is 0 Å². The lowest BCUT2D eigenvalue weighted by Gasteiger charge is -2.22. The van der Waals surface area contributed by atoms with Crippen molar-refractivity contribution in [3.63, 3.8) is 0 Å². The minimum atomic E-state index is -4.87. The number of carbonyl (C=O) groups is 1. The van der Waals surface area contributed by atoms with Crippen molar-refractivity contribution >= 4 is 39.2 Å². The summed E-state index contributed by atoms with van der Waals surface area (Å²) in [6.45, 7) is 0. The molecule has 7 nitrogen and oxygen atoms in total. The summed E-state index contributed by atoms with van der Waals surface area (Å²) in [7, 11) is -3.38. The number of rotatable bonds is 6. The maximum atomic E-state index is 13.2. The SMILES string of the molecule is COC(NS(=O)(=O)c1ccc(Cl)c(C(F)(F)F)c1)c1cc(Cl)cnc1C1OC(=O)c2ccccc21. The third-order valence-electron chi connectivity index (χ3n) is 5.19. The van der Waals surface area contributed by atoms with Gasteiger partial charge in [0.1, 0.15) is 6.23 Å². The zero-order chi connectivity index (χ0) is 25.5. The van der Waals surface area contributed by atoms with Gasteiger partial charge in [-0.3, -0.25) is 4.98 Å². The van der Waals surface area contributed by atoms with Gasteiger partial charge in [-0.2, -0.15) is 17.9 Å². The molecule has 13 heteroatoms. The highest BCUT2D eigenvalue weighted by molar-refractivity contribution is 7.89. The van der Waals surface area contributed by atoms with Crippen LogP contribution in [-0.4, -0.2) is 26.5 Å². The molecule has 0 spiro atoms. The Labute approximate surface area is 207 Å². The van der Waals surface area contributed by atoms with Crippen molar-refractivity contribution in [3.05, 3.63) is 92.7 Å². The fraction of sp³-hybridized carbons (Fsp3) is 0.182. The molecule has 35 heavy (non-hydrogen) atoms. The number of fused-ring (bicyclic) bond motifs is 1. The molecule has 0 radical (unpaired) electrons. The Kier molecular flexibility index (Phi) is 6.82. The zero-order valence-electron chi connectivity index (χ0n) is 17.6. The Morgan fingerprint density at radius 1 is 1.14 bits per heavy atom. The van der Waals surface area contributed by atoms with Crippen molar-refractivity contribution in [1.82, 2.24) is 9.71 Å². The van der Waals surface area contributed by atoms with Gasteiger partial charge < -0.3 is 9.47 Å². The standard InChI is InChI=1S/C22H15Cl2F3N2O5S/c1-33-20(29-35(31,32)12-6-7-17(24)16(9-12)22(25,26)27)15-8-11(23)10-28-18(15)19-13-4-2-3-5-14(13)21(30)34-19/h2-10,19-20,29H,1H3. The highest BCUT2D eigenvalue weighted by Gasteiger charge is 2.37. The molecule has 2 unspecified atom stereocenters. The van der Waals surface area contributed by atoms with E-state index < -0.39 is 50.0 Å². The molecule has 4 rings (SSSR count). The second-order valence-corrected chi connectivity index (χ2v) is 9.93. The number of ether oxygens (including phenoxy) is 2. The number of hydrogen-bond acceptors (Lipinski definition) is 6. The Bertz CT molecular complexity index is 1420. The van der Waals surface area contributed by atoms with Crippen molar-refractivity contribution in [3.8, 4) is 0 Å². The molecule has 3 aromatic rings. The topological polar surface area (TPSA) is 94.6 Å². The summed E-state index contributed by atoms with van der Waals surface area (Å²) in [4.78, 5) is 15.8. The molecule has 1 aliphatic rings. The second-order valence-electron chi connectivity index (χ2n) is 7.38. The molecule has 184 valence electrons. The number of cyclic esters (lactones) is 1. The quantitative estimate of drug-likeness (QED) is 0.333. The minimum Gasteiger partial charge on any atom is -0.447 e. The van der Waals surface area contributed by atoms with Crippen molar-refractivity contribution in [1.29, 1.82) is 0 Å². The van der Waals surface area contributed by atoms with Gasteiger partial charge in [0.15, 0.2) is 6.10 Å². The largest absolute Gasteiger partial charge is 0.447 e. The van der Waals surface area contributed by atoms with Crippen LogP contribution in [-0.2, 0) is 25.7 Å². The molecule has 2 atom stereocenters. The van der Waals surface area contributed by atoms with Crippen molar-refractivity contribution in [2.45, 2.75) is 23.4 Å². The second kappa shape index (κ2) is 9.40. The molecule has 1 aliphatic heterocycles. The van der Waals surface area contributed by atoms with Crippen LogP contribution in [0.3, 0.4) is 0 Å². The molecule has 0 aliphatic carbocycles. The van der Waals surface area contributed by atoms with E-state index in [1.807, 2.05) is 0 Å². The summed E-state index contributed by atoms with van der Waals surface area (Å²) in [6, 6.07) is 10.1. The van der Waals surface area contributed by atoms with E-state index in [9.17, 15) is 26.4 Å². The van der Waals surface area contributed by atoms with Crippen LogP contribution in [0.4, 0.5) is 13.2 Å². The molecular weight excluding hydrogens is 532 g/mol. The zero-order valence-corrected chi connectivity index (χ0v) is 20.0. The normalized spacial score (nSPS) is 16.6. The Hall–Kier alpha value is -2.70. The summed E-state index contributed by atoms with van der Waals surface area (Å²) >= 11 is 11.7. The molecule has 1 aromatic heterocycles. The number of nitrogens with zero attached hydrogens (tertiary/aromatic N) is 1. The fourth-order valence-electron chi connectivity index (χ4n) is 3.58. The maximum absolute atomic E-state index is 13.2. The number of nitrogens with one attached hydrogen (secondary N) is 1. The number of pyridine rings is 1. The first-order valence-electron chi connectivity index (χ1n) is 9.79. The molecule has 2 heterocycles. The average molecular weight is 547 g/mol. The van der Waals surface area contributed by atoms with E-state index in [-0.39, 0.29) is 16.3 Å². The van der Waals surface area contributed by atoms with Crippen molar-refractivity contribution < 1.29 is 35.9 Å². The predicted octanol–water partition coefficient (Wildman–Crippen LogP) is 5.29. The number of sulfonamides is 1. The molecule has 0 fully saturated rings. The lowest BCUT2D eigenvalue weighted by Crippen LogP contribution is -2.31. The van der Waals surface area contributed by atoms with Crippen LogP contribution < -0.4 is 4.72 Å². The van der Waals surface area contributed by atoms with Gasteiger partial charge in [-0.15, -0.1) is 0 Å². The Morgan fingerprint density at radius 2 is 1.86 bits per heavy atom. The molecule has 0 amide bonds. The van der Waals surface area contributed by atoms with Gasteiger partial charge in [0.2, 0.25) is 10.0 Å². The van der Waals surface area contributed by atoms with Crippen LogP contribution in [0.2, 0.25) is 10.0 Å². The summed E-state index contributed by atoms with van der Waals surface area (Å²) in [5, 5.41) is -0.531. The maximum Gasteiger partial charge on any atom is 0.417 e. The van der Waals surface area contributed by atoms with Gasteiger partial charge in [-0.05, 0) is 30.3 Å². The van der Waals surface area contributed by atoms with Crippen LogP contribution in [0.5, 0.6) is 0 Å². The number of esters is 1. The first-order chi connectivity index (χ1) is 16.4. The molecule has 0 saturated heterocycles. The number of hydrogen-bond donors (Lipinski definition) is 1. The lowest BCUT2D eigenvalue weighted by atomic mass is 9.99. The number of aromatic nitrogens is 1. The highest BCUT2D eigenvalue weighted by Crippen LogP contribution is 2.39. The average Bonchev–Trinajstić information content (AvgIpc) is 3.13. The van der Waals surface area contributed by atoms with Crippen LogP contribution >= 0.6 is 23.2 Å². The van der Waals surface area contributed by atoms with Crippen LogP contribution in [0.25, 0.3) is 0 Å². The van der Waals surface area contributed by atoms with Crippen molar-refractivity contribution in [2.75, 3.05) is 7.11 Å². The third-order valence-corrected chi connectivity index (χ3v) is 7.12. The van der Waals surface area contributed by atoms with E-state index >= 15 is 0 Å². The number of benzene rings is 2. The molecule has 2 aromatic carbocycles. The number of alkyl halides is 3. The van der Waals surface area contributed by atoms with Gasteiger partial charge in [0, 0.05) is 24.4 Å². The summed E-state index contributed by atoms with van der Waals surface area (Å²) in [6.07, 6.45) is -6.02. The molecule has 0 bridgehead atoms.